The maximum absolute atomic E-state index is 6.01. The highest BCUT2D eigenvalue weighted by molar-refractivity contribution is 6.31. The summed E-state index contributed by atoms with van der Waals surface area (Å²) in [7, 11) is 0. The molecular weight excluding hydrogens is 240 g/mol. The van der Waals surface area contributed by atoms with Crippen molar-refractivity contribution in [1.82, 2.24) is 10.2 Å². The Bertz CT molecular complexity index is 512. The predicted molar refractivity (Wildman–Crippen MR) is 66.5 cm³/mol. The molecule has 5 nitrogen and oxygen atoms in total. The first-order valence-corrected chi connectivity index (χ1v) is 5.62. The number of hydrogen-bond donors (Lipinski definition) is 2. The van der Waals surface area contributed by atoms with E-state index in [4.69, 9.17) is 21.8 Å². The third-order valence-electron chi connectivity index (χ3n) is 2.25. The molecule has 0 saturated carbocycles. The van der Waals surface area contributed by atoms with E-state index in [1.165, 1.54) is 0 Å². The van der Waals surface area contributed by atoms with Gasteiger partial charge < -0.3 is 15.5 Å². The van der Waals surface area contributed by atoms with Crippen LogP contribution >= 0.6 is 11.6 Å². The summed E-state index contributed by atoms with van der Waals surface area (Å²) in [5.74, 6) is 0.521. The molecule has 2 rings (SSSR count). The normalized spacial score (nSPS) is 10.5. The number of anilines is 2. The standard InChI is InChI=1S/C11H13ClN4O/c1-7-2-3-8(6-9(7)12)14-11-16-15-10(17-11)4-5-13/h2-3,6H,4-5,13H2,1H3,(H,14,16). The minimum Gasteiger partial charge on any atom is -0.408 e. The summed E-state index contributed by atoms with van der Waals surface area (Å²) in [5, 5.41) is 11.4. The van der Waals surface area contributed by atoms with E-state index in [9.17, 15) is 0 Å². The van der Waals surface area contributed by atoms with Gasteiger partial charge in [0.05, 0.1) is 0 Å². The van der Waals surface area contributed by atoms with Crippen LogP contribution < -0.4 is 11.1 Å². The largest absolute Gasteiger partial charge is 0.408 e. The van der Waals surface area contributed by atoms with Gasteiger partial charge in [-0.1, -0.05) is 22.8 Å². The predicted octanol–water partition coefficient (Wildman–Crippen LogP) is 2.28. The van der Waals surface area contributed by atoms with Crippen LogP contribution in [0, 0.1) is 6.92 Å². The van der Waals surface area contributed by atoms with E-state index in [1.807, 2.05) is 25.1 Å². The van der Waals surface area contributed by atoms with Gasteiger partial charge in [-0.05, 0) is 24.6 Å². The number of aryl methyl sites for hydroxylation is 1. The molecule has 0 aliphatic rings. The molecule has 0 aliphatic heterocycles. The Labute approximate surface area is 104 Å². The Hall–Kier alpha value is -1.59. The molecule has 0 radical (unpaired) electrons. The van der Waals surface area contributed by atoms with Crippen molar-refractivity contribution in [3.05, 3.63) is 34.7 Å². The first-order chi connectivity index (χ1) is 8.19. The van der Waals surface area contributed by atoms with Gasteiger partial charge in [-0.15, -0.1) is 5.10 Å². The van der Waals surface area contributed by atoms with Gasteiger partial charge in [0.2, 0.25) is 5.89 Å². The van der Waals surface area contributed by atoms with Crippen LogP contribution in [0.4, 0.5) is 11.7 Å². The molecule has 0 atom stereocenters. The number of nitrogens with two attached hydrogens (primary N) is 1. The summed E-state index contributed by atoms with van der Waals surface area (Å²) in [4.78, 5) is 0. The van der Waals surface area contributed by atoms with Crippen molar-refractivity contribution < 1.29 is 4.42 Å². The maximum atomic E-state index is 6.01. The van der Waals surface area contributed by atoms with Crippen molar-refractivity contribution in [3.63, 3.8) is 0 Å². The van der Waals surface area contributed by atoms with Gasteiger partial charge in [0, 0.05) is 23.7 Å². The molecule has 1 heterocycles. The number of halogens is 1. The molecule has 0 fully saturated rings. The van der Waals surface area contributed by atoms with Crippen molar-refractivity contribution in [2.24, 2.45) is 5.73 Å². The van der Waals surface area contributed by atoms with Gasteiger partial charge in [0.25, 0.3) is 0 Å². The lowest BCUT2D eigenvalue weighted by Crippen LogP contribution is -2.02. The van der Waals surface area contributed by atoms with Crippen LogP contribution in [-0.2, 0) is 6.42 Å². The van der Waals surface area contributed by atoms with E-state index in [2.05, 4.69) is 15.5 Å². The summed E-state index contributed by atoms with van der Waals surface area (Å²) in [6.07, 6.45) is 0.573. The van der Waals surface area contributed by atoms with Gasteiger partial charge >= 0.3 is 6.01 Å². The summed E-state index contributed by atoms with van der Waals surface area (Å²) in [5.41, 5.74) is 7.22. The Balaban J connectivity index is 2.11. The SMILES string of the molecule is Cc1ccc(Nc2nnc(CCN)o2)cc1Cl. The molecule has 1 aromatic heterocycles. The molecule has 17 heavy (non-hydrogen) atoms. The Morgan fingerprint density at radius 3 is 2.94 bits per heavy atom. The molecule has 3 N–H and O–H groups in total. The summed E-state index contributed by atoms with van der Waals surface area (Å²) < 4.78 is 5.34. The molecule has 2 aromatic rings. The molecule has 0 spiro atoms. The van der Waals surface area contributed by atoms with Crippen LogP contribution in [0.3, 0.4) is 0 Å². The van der Waals surface area contributed by atoms with Crippen LogP contribution in [0.15, 0.2) is 22.6 Å². The molecule has 1 aromatic carbocycles. The fraction of sp³-hybridized carbons (Fsp3) is 0.273. The van der Waals surface area contributed by atoms with Gasteiger partial charge in [-0.2, -0.15) is 0 Å². The molecule has 90 valence electrons. The smallest absolute Gasteiger partial charge is 0.320 e. The number of nitrogens with one attached hydrogen (secondary N) is 1. The zero-order valence-electron chi connectivity index (χ0n) is 9.40. The maximum Gasteiger partial charge on any atom is 0.320 e. The summed E-state index contributed by atoms with van der Waals surface area (Å²) in [6, 6.07) is 5.97. The van der Waals surface area contributed by atoms with Gasteiger partial charge in [-0.3, -0.25) is 0 Å². The van der Waals surface area contributed by atoms with E-state index in [1.54, 1.807) is 0 Å². The minimum absolute atomic E-state index is 0.341. The Morgan fingerprint density at radius 2 is 2.24 bits per heavy atom. The fourth-order valence-corrected chi connectivity index (χ4v) is 1.50. The van der Waals surface area contributed by atoms with Crippen molar-refractivity contribution in [1.29, 1.82) is 0 Å². The number of hydrogen-bond acceptors (Lipinski definition) is 5. The van der Waals surface area contributed by atoms with E-state index in [0.29, 0.717) is 29.9 Å². The monoisotopic (exact) mass is 252 g/mol. The molecule has 0 saturated heterocycles. The average molecular weight is 253 g/mol. The van der Waals surface area contributed by atoms with E-state index >= 15 is 0 Å². The molecule has 6 heteroatoms. The van der Waals surface area contributed by atoms with E-state index in [0.717, 1.165) is 11.3 Å². The average Bonchev–Trinajstić information content (AvgIpc) is 2.72. The topological polar surface area (TPSA) is 77.0 Å². The summed E-state index contributed by atoms with van der Waals surface area (Å²) >= 11 is 6.01. The molecule has 0 bridgehead atoms. The van der Waals surface area contributed by atoms with Crippen LogP contribution in [-0.4, -0.2) is 16.7 Å². The number of nitrogens with zero attached hydrogens (tertiary/aromatic N) is 2. The second-order valence-electron chi connectivity index (χ2n) is 3.63. The molecule has 0 aliphatic carbocycles. The Morgan fingerprint density at radius 1 is 1.41 bits per heavy atom. The van der Waals surface area contributed by atoms with Crippen LogP contribution in [0.1, 0.15) is 11.5 Å². The number of aromatic nitrogens is 2. The lowest BCUT2D eigenvalue weighted by atomic mass is 10.2. The van der Waals surface area contributed by atoms with Gasteiger partial charge in [0.1, 0.15) is 0 Å². The lowest BCUT2D eigenvalue weighted by Gasteiger charge is -2.03. The minimum atomic E-state index is 0.341. The first kappa shape index (κ1) is 11.9. The molecule has 0 amide bonds. The highest BCUT2D eigenvalue weighted by Crippen LogP contribution is 2.22. The van der Waals surface area contributed by atoms with Crippen LogP contribution in [0.2, 0.25) is 5.02 Å². The van der Waals surface area contributed by atoms with Crippen LogP contribution in [0.5, 0.6) is 0 Å². The second-order valence-corrected chi connectivity index (χ2v) is 4.04. The quantitative estimate of drug-likeness (QED) is 0.873. The first-order valence-electron chi connectivity index (χ1n) is 5.24. The Kier molecular flexibility index (Phi) is 3.61. The van der Waals surface area contributed by atoms with Crippen LogP contribution in [0.25, 0.3) is 0 Å². The highest BCUT2D eigenvalue weighted by Gasteiger charge is 2.06. The lowest BCUT2D eigenvalue weighted by molar-refractivity contribution is 0.510. The molecular formula is C11H13ClN4O. The van der Waals surface area contributed by atoms with Crippen molar-refractivity contribution in [2.45, 2.75) is 13.3 Å². The highest BCUT2D eigenvalue weighted by atomic mass is 35.5. The van der Waals surface area contributed by atoms with E-state index < -0.39 is 0 Å². The van der Waals surface area contributed by atoms with Gasteiger partial charge in [-0.25, -0.2) is 0 Å². The number of benzene rings is 1. The third kappa shape index (κ3) is 2.95. The third-order valence-corrected chi connectivity index (χ3v) is 2.66. The van der Waals surface area contributed by atoms with Gasteiger partial charge in [0.15, 0.2) is 0 Å². The van der Waals surface area contributed by atoms with Crippen molar-refractivity contribution in [3.8, 4) is 0 Å². The zero-order valence-corrected chi connectivity index (χ0v) is 10.2. The van der Waals surface area contributed by atoms with Crippen molar-refractivity contribution in [2.75, 3.05) is 11.9 Å². The van der Waals surface area contributed by atoms with E-state index in [-0.39, 0.29) is 0 Å². The zero-order chi connectivity index (χ0) is 12.3. The second kappa shape index (κ2) is 5.16. The fourth-order valence-electron chi connectivity index (χ4n) is 1.32. The summed E-state index contributed by atoms with van der Waals surface area (Å²) in [6.45, 7) is 2.43. The van der Waals surface area contributed by atoms with Crippen molar-refractivity contribution >= 4 is 23.3 Å². The molecule has 0 unspecified atom stereocenters. The number of rotatable bonds is 4.